The maximum Gasteiger partial charge on any atom is 0.0772 e. The van der Waals surface area contributed by atoms with Crippen LogP contribution in [-0.2, 0) is 0 Å². The molecule has 3 heteroatoms. The molecule has 0 unspecified atom stereocenters. The van der Waals surface area contributed by atoms with E-state index in [1.54, 1.807) is 0 Å². The molecule has 84 valence electrons. The first-order chi connectivity index (χ1) is 7.15. The molecule has 1 aliphatic heterocycles. The fourth-order valence-electron chi connectivity index (χ4n) is 1.97. The first kappa shape index (κ1) is 10.7. The van der Waals surface area contributed by atoms with Crippen molar-refractivity contribution in [2.75, 3.05) is 19.6 Å². The first-order valence-electron chi connectivity index (χ1n) is 5.88. The van der Waals surface area contributed by atoms with Gasteiger partial charge in [-0.15, -0.1) is 0 Å². The molecule has 1 aromatic rings. The fraction of sp³-hybridized carbons (Fsp3) is 0.750. The predicted octanol–water partition coefficient (Wildman–Crippen LogP) is 2.09. The molecule has 2 heterocycles. The highest BCUT2D eigenvalue weighted by Crippen LogP contribution is 2.21. The fourth-order valence-corrected chi connectivity index (χ4v) is 1.97. The Bertz CT molecular complexity index is 310. The van der Waals surface area contributed by atoms with Crippen molar-refractivity contribution in [1.82, 2.24) is 14.7 Å². The molecule has 0 saturated carbocycles. The van der Waals surface area contributed by atoms with Crippen molar-refractivity contribution in [1.29, 1.82) is 0 Å². The summed E-state index contributed by atoms with van der Waals surface area (Å²) in [5.74, 6) is 0.816. The van der Waals surface area contributed by atoms with Gasteiger partial charge in [0.1, 0.15) is 0 Å². The van der Waals surface area contributed by atoms with Crippen LogP contribution >= 0.6 is 0 Å². The Kier molecular flexibility index (Phi) is 3.10. The summed E-state index contributed by atoms with van der Waals surface area (Å²) in [4.78, 5) is 2.52. The van der Waals surface area contributed by atoms with E-state index >= 15 is 0 Å². The lowest BCUT2D eigenvalue weighted by Crippen LogP contribution is -2.48. The molecular formula is C12H21N3. The second kappa shape index (κ2) is 4.35. The summed E-state index contributed by atoms with van der Waals surface area (Å²) in [6.45, 7) is 10.3. The van der Waals surface area contributed by atoms with Gasteiger partial charge in [-0.3, -0.25) is 9.58 Å². The van der Waals surface area contributed by atoms with Gasteiger partial charge >= 0.3 is 0 Å². The molecule has 0 atom stereocenters. The van der Waals surface area contributed by atoms with E-state index in [-0.39, 0.29) is 0 Å². The predicted molar refractivity (Wildman–Crippen MR) is 61.9 cm³/mol. The standard InChI is InChI=1S/C12H21N3/c1-10(2)4-5-14-8-12(9-14)15-7-11(3)6-13-15/h6-7,10,12H,4-5,8-9H2,1-3H3. The van der Waals surface area contributed by atoms with Crippen molar-refractivity contribution in [2.45, 2.75) is 33.2 Å². The van der Waals surface area contributed by atoms with Crippen molar-refractivity contribution >= 4 is 0 Å². The highest BCUT2D eigenvalue weighted by molar-refractivity contribution is 5.02. The average Bonchev–Trinajstić information content (AvgIpc) is 2.48. The van der Waals surface area contributed by atoms with Gasteiger partial charge < -0.3 is 0 Å². The highest BCUT2D eigenvalue weighted by atomic mass is 15.4. The molecule has 0 bridgehead atoms. The van der Waals surface area contributed by atoms with Crippen LogP contribution in [0.25, 0.3) is 0 Å². The summed E-state index contributed by atoms with van der Waals surface area (Å²) >= 11 is 0. The second-order valence-corrected chi connectivity index (χ2v) is 5.09. The van der Waals surface area contributed by atoms with Crippen LogP contribution in [0.3, 0.4) is 0 Å². The molecule has 3 nitrogen and oxygen atoms in total. The zero-order valence-electron chi connectivity index (χ0n) is 9.98. The lowest BCUT2D eigenvalue weighted by atomic mass is 10.1. The van der Waals surface area contributed by atoms with Gasteiger partial charge in [-0.1, -0.05) is 13.8 Å². The molecule has 15 heavy (non-hydrogen) atoms. The normalized spacial score (nSPS) is 18.4. The third-order valence-corrected chi connectivity index (χ3v) is 3.07. The van der Waals surface area contributed by atoms with Gasteiger partial charge in [0.15, 0.2) is 0 Å². The molecule has 0 aliphatic carbocycles. The zero-order chi connectivity index (χ0) is 10.8. The molecule has 0 N–H and O–H groups in total. The lowest BCUT2D eigenvalue weighted by Gasteiger charge is -2.39. The van der Waals surface area contributed by atoms with Gasteiger partial charge in [0.25, 0.3) is 0 Å². The van der Waals surface area contributed by atoms with E-state index in [1.807, 2.05) is 6.20 Å². The van der Waals surface area contributed by atoms with Crippen molar-refractivity contribution < 1.29 is 0 Å². The summed E-state index contributed by atoms with van der Waals surface area (Å²) in [6.07, 6.45) is 5.39. The molecule has 0 radical (unpaired) electrons. The summed E-state index contributed by atoms with van der Waals surface area (Å²) < 4.78 is 2.11. The maximum atomic E-state index is 4.36. The molecule has 0 amide bonds. The van der Waals surface area contributed by atoms with Gasteiger partial charge in [0.05, 0.1) is 12.2 Å². The van der Waals surface area contributed by atoms with Crippen LogP contribution in [0.4, 0.5) is 0 Å². The Morgan fingerprint density at radius 1 is 1.47 bits per heavy atom. The summed E-state index contributed by atoms with van der Waals surface area (Å²) in [7, 11) is 0. The summed E-state index contributed by atoms with van der Waals surface area (Å²) in [5, 5.41) is 4.36. The molecule has 1 aromatic heterocycles. The Labute approximate surface area is 92.1 Å². The maximum absolute atomic E-state index is 4.36. The van der Waals surface area contributed by atoms with Crippen molar-refractivity contribution in [3.05, 3.63) is 18.0 Å². The van der Waals surface area contributed by atoms with Crippen LogP contribution < -0.4 is 0 Å². The molecule has 0 aromatic carbocycles. The van der Waals surface area contributed by atoms with E-state index in [0.29, 0.717) is 6.04 Å². The third-order valence-electron chi connectivity index (χ3n) is 3.07. The van der Waals surface area contributed by atoms with Crippen LogP contribution in [-0.4, -0.2) is 34.3 Å². The number of nitrogens with zero attached hydrogens (tertiary/aromatic N) is 3. The van der Waals surface area contributed by atoms with Gasteiger partial charge in [-0.05, 0) is 31.4 Å². The Hall–Kier alpha value is -0.830. The quantitative estimate of drug-likeness (QED) is 0.754. The summed E-state index contributed by atoms with van der Waals surface area (Å²) in [6, 6.07) is 0.617. The smallest absolute Gasteiger partial charge is 0.0772 e. The third kappa shape index (κ3) is 2.59. The number of aryl methyl sites for hydroxylation is 1. The van der Waals surface area contributed by atoms with Crippen molar-refractivity contribution in [2.24, 2.45) is 5.92 Å². The average molecular weight is 207 g/mol. The van der Waals surface area contributed by atoms with E-state index in [0.717, 1.165) is 5.92 Å². The van der Waals surface area contributed by atoms with Gasteiger partial charge in [-0.2, -0.15) is 5.10 Å². The largest absolute Gasteiger partial charge is 0.299 e. The summed E-state index contributed by atoms with van der Waals surface area (Å²) in [5.41, 5.74) is 1.26. The minimum atomic E-state index is 0.617. The Morgan fingerprint density at radius 2 is 2.20 bits per heavy atom. The number of hydrogen-bond acceptors (Lipinski definition) is 2. The van der Waals surface area contributed by atoms with E-state index in [1.165, 1.54) is 31.6 Å². The van der Waals surface area contributed by atoms with Gasteiger partial charge in [0.2, 0.25) is 0 Å². The number of likely N-dealkylation sites (tertiary alicyclic amines) is 1. The number of rotatable bonds is 4. The van der Waals surface area contributed by atoms with E-state index in [2.05, 4.69) is 41.6 Å². The minimum Gasteiger partial charge on any atom is -0.299 e. The Balaban J connectivity index is 1.74. The molecule has 1 saturated heterocycles. The minimum absolute atomic E-state index is 0.617. The molecule has 0 spiro atoms. The van der Waals surface area contributed by atoms with Gasteiger partial charge in [-0.25, -0.2) is 0 Å². The van der Waals surface area contributed by atoms with Crippen LogP contribution in [0.1, 0.15) is 31.9 Å². The van der Waals surface area contributed by atoms with Crippen LogP contribution in [0, 0.1) is 12.8 Å². The first-order valence-corrected chi connectivity index (χ1v) is 5.88. The molecule has 1 fully saturated rings. The monoisotopic (exact) mass is 207 g/mol. The lowest BCUT2D eigenvalue weighted by molar-refractivity contribution is 0.0933. The van der Waals surface area contributed by atoms with Crippen LogP contribution in [0.5, 0.6) is 0 Å². The van der Waals surface area contributed by atoms with Crippen LogP contribution in [0.15, 0.2) is 12.4 Å². The molecule has 1 aliphatic rings. The molecule has 2 rings (SSSR count). The van der Waals surface area contributed by atoms with E-state index in [4.69, 9.17) is 0 Å². The van der Waals surface area contributed by atoms with Crippen LogP contribution in [0.2, 0.25) is 0 Å². The second-order valence-electron chi connectivity index (χ2n) is 5.09. The SMILES string of the molecule is Cc1cnn(C2CN(CCC(C)C)C2)c1. The molecular weight excluding hydrogens is 186 g/mol. The van der Waals surface area contributed by atoms with Crippen molar-refractivity contribution in [3.8, 4) is 0 Å². The number of aromatic nitrogens is 2. The Morgan fingerprint density at radius 3 is 2.73 bits per heavy atom. The van der Waals surface area contributed by atoms with E-state index in [9.17, 15) is 0 Å². The van der Waals surface area contributed by atoms with Gasteiger partial charge in [0, 0.05) is 19.3 Å². The highest BCUT2D eigenvalue weighted by Gasteiger charge is 2.27. The topological polar surface area (TPSA) is 21.1 Å². The number of hydrogen-bond donors (Lipinski definition) is 0. The van der Waals surface area contributed by atoms with Crippen molar-refractivity contribution in [3.63, 3.8) is 0 Å². The zero-order valence-corrected chi connectivity index (χ0v) is 9.98. The van der Waals surface area contributed by atoms with E-state index < -0.39 is 0 Å².